The van der Waals surface area contributed by atoms with Crippen molar-refractivity contribution in [2.45, 2.75) is 32.8 Å². The number of nitrogens with one attached hydrogen (secondary N) is 1. The number of aromatic nitrogens is 1. The molecule has 1 aliphatic heterocycles. The first-order chi connectivity index (χ1) is 9.09. The van der Waals surface area contributed by atoms with E-state index >= 15 is 0 Å². The number of amides is 1. The molecule has 2 N–H and O–H groups in total. The molecular formula is C14H20N2O3. The van der Waals surface area contributed by atoms with Crippen LogP contribution in [0.15, 0.2) is 18.3 Å². The molecule has 104 valence electrons. The summed E-state index contributed by atoms with van der Waals surface area (Å²) in [6.45, 7) is 4.81. The number of carbonyl (C=O) groups excluding carboxylic acids is 1. The van der Waals surface area contributed by atoms with Crippen LogP contribution in [0.1, 0.15) is 26.7 Å². The lowest BCUT2D eigenvalue weighted by Gasteiger charge is -2.33. The first kappa shape index (κ1) is 13.8. The van der Waals surface area contributed by atoms with Gasteiger partial charge in [0, 0.05) is 12.8 Å². The number of pyridine rings is 1. The van der Waals surface area contributed by atoms with Crippen LogP contribution in [-0.4, -0.2) is 28.7 Å². The summed E-state index contributed by atoms with van der Waals surface area (Å²) in [5.74, 6) is 0.158. The van der Waals surface area contributed by atoms with Gasteiger partial charge in [-0.15, -0.1) is 0 Å². The van der Waals surface area contributed by atoms with E-state index in [2.05, 4.69) is 24.1 Å². The summed E-state index contributed by atoms with van der Waals surface area (Å²) in [6.07, 6.45) is 3.16. The fraction of sp³-hybridized carbons (Fsp3) is 0.571. The van der Waals surface area contributed by atoms with Gasteiger partial charge >= 0.3 is 0 Å². The molecule has 1 aliphatic rings. The quantitative estimate of drug-likeness (QED) is 0.877. The molecule has 19 heavy (non-hydrogen) atoms. The van der Waals surface area contributed by atoms with Crippen molar-refractivity contribution in [2.75, 3.05) is 11.9 Å². The van der Waals surface area contributed by atoms with Crippen molar-refractivity contribution in [2.24, 2.45) is 11.8 Å². The van der Waals surface area contributed by atoms with Crippen molar-refractivity contribution >= 4 is 11.7 Å². The molecule has 1 aromatic rings. The zero-order chi connectivity index (χ0) is 13.8. The highest BCUT2D eigenvalue weighted by Crippen LogP contribution is 2.28. The maximum absolute atomic E-state index is 12.3. The Labute approximate surface area is 113 Å². The van der Waals surface area contributed by atoms with E-state index < -0.39 is 0 Å². The first-order valence-electron chi connectivity index (χ1n) is 6.66. The molecule has 0 spiro atoms. The van der Waals surface area contributed by atoms with Crippen LogP contribution < -0.4 is 5.32 Å². The number of rotatable bonds is 3. The van der Waals surface area contributed by atoms with Gasteiger partial charge in [0.25, 0.3) is 0 Å². The van der Waals surface area contributed by atoms with Gasteiger partial charge in [0.15, 0.2) is 11.6 Å². The van der Waals surface area contributed by atoms with Gasteiger partial charge in [0.1, 0.15) is 0 Å². The number of carbonyl (C=O) groups is 1. The van der Waals surface area contributed by atoms with E-state index in [1.807, 2.05) is 0 Å². The fourth-order valence-corrected chi connectivity index (χ4v) is 2.44. The Hall–Kier alpha value is -1.62. The fourth-order valence-electron chi connectivity index (χ4n) is 2.44. The highest BCUT2D eigenvalue weighted by Gasteiger charge is 2.34. The van der Waals surface area contributed by atoms with E-state index in [9.17, 15) is 9.90 Å². The molecule has 1 saturated heterocycles. The lowest BCUT2D eigenvalue weighted by molar-refractivity contribution is -0.131. The predicted molar refractivity (Wildman–Crippen MR) is 71.8 cm³/mol. The van der Waals surface area contributed by atoms with Gasteiger partial charge in [0.05, 0.1) is 12.0 Å². The van der Waals surface area contributed by atoms with Gasteiger partial charge in [-0.05, 0) is 30.9 Å². The van der Waals surface area contributed by atoms with Gasteiger partial charge < -0.3 is 15.2 Å². The van der Waals surface area contributed by atoms with E-state index in [0.717, 1.165) is 12.8 Å². The van der Waals surface area contributed by atoms with Crippen LogP contribution in [0.4, 0.5) is 5.82 Å². The minimum Gasteiger partial charge on any atom is -0.504 e. The lowest BCUT2D eigenvalue weighted by atomic mass is 9.87. The number of hydrogen-bond acceptors (Lipinski definition) is 4. The summed E-state index contributed by atoms with van der Waals surface area (Å²) in [4.78, 5) is 16.3. The molecule has 0 aromatic carbocycles. The first-order valence-corrected chi connectivity index (χ1v) is 6.66. The number of aromatic hydroxyl groups is 1. The normalized spacial score (nSPS) is 23.3. The summed E-state index contributed by atoms with van der Waals surface area (Å²) >= 11 is 0. The Balaban J connectivity index is 2.08. The summed E-state index contributed by atoms with van der Waals surface area (Å²) in [5, 5.41) is 12.3. The monoisotopic (exact) mass is 264 g/mol. The third kappa shape index (κ3) is 3.23. The van der Waals surface area contributed by atoms with Crippen molar-refractivity contribution < 1.29 is 14.6 Å². The minimum absolute atomic E-state index is 0.0197. The molecule has 0 bridgehead atoms. The van der Waals surface area contributed by atoms with Crippen molar-refractivity contribution in [1.82, 2.24) is 4.98 Å². The van der Waals surface area contributed by atoms with E-state index in [1.54, 1.807) is 6.07 Å². The van der Waals surface area contributed by atoms with Crippen molar-refractivity contribution in [3.63, 3.8) is 0 Å². The van der Waals surface area contributed by atoms with Crippen LogP contribution in [0.3, 0.4) is 0 Å². The molecule has 2 atom stereocenters. The zero-order valence-electron chi connectivity index (χ0n) is 11.3. The second-order valence-electron chi connectivity index (χ2n) is 5.19. The molecule has 0 radical (unpaired) electrons. The summed E-state index contributed by atoms with van der Waals surface area (Å²) < 4.78 is 5.70. The number of hydrogen-bond donors (Lipinski definition) is 2. The molecule has 5 heteroatoms. The number of anilines is 1. The Morgan fingerprint density at radius 3 is 3.05 bits per heavy atom. The van der Waals surface area contributed by atoms with Crippen LogP contribution in [-0.2, 0) is 9.53 Å². The second-order valence-corrected chi connectivity index (χ2v) is 5.19. The van der Waals surface area contributed by atoms with Crippen LogP contribution >= 0.6 is 0 Å². The van der Waals surface area contributed by atoms with Crippen molar-refractivity contribution in [3.8, 4) is 5.75 Å². The SMILES string of the molecule is CC(C)[C@@H]1OCCC[C@@H]1C(=O)Nc1ncccc1O. The van der Waals surface area contributed by atoms with E-state index in [4.69, 9.17) is 4.74 Å². The Kier molecular flexibility index (Phi) is 4.37. The molecule has 1 aromatic heterocycles. The Morgan fingerprint density at radius 1 is 1.58 bits per heavy atom. The average Bonchev–Trinajstić information content (AvgIpc) is 2.41. The lowest BCUT2D eigenvalue weighted by Crippen LogP contribution is -2.41. The highest BCUT2D eigenvalue weighted by atomic mass is 16.5. The number of nitrogens with zero attached hydrogens (tertiary/aromatic N) is 1. The Bertz CT molecular complexity index is 448. The average molecular weight is 264 g/mol. The number of ether oxygens (including phenoxy) is 1. The van der Waals surface area contributed by atoms with Crippen molar-refractivity contribution in [3.05, 3.63) is 18.3 Å². The van der Waals surface area contributed by atoms with E-state index in [-0.39, 0.29) is 35.4 Å². The van der Waals surface area contributed by atoms with Crippen LogP contribution in [0.25, 0.3) is 0 Å². The molecule has 2 rings (SSSR count). The van der Waals surface area contributed by atoms with Gasteiger partial charge in [-0.1, -0.05) is 13.8 Å². The highest BCUT2D eigenvalue weighted by molar-refractivity contribution is 5.93. The van der Waals surface area contributed by atoms with E-state index in [1.165, 1.54) is 12.3 Å². The standard InChI is InChI=1S/C14H20N2O3/c1-9(2)12-10(5-4-8-19-12)14(18)16-13-11(17)6-3-7-15-13/h3,6-7,9-10,12,17H,4-5,8H2,1-2H3,(H,15,16,18)/t10-,12-/m0/s1. The second kappa shape index (κ2) is 6.02. The van der Waals surface area contributed by atoms with Gasteiger partial charge in [-0.2, -0.15) is 0 Å². The van der Waals surface area contributed by atoms with Gasteiger partial charge in [-0.3, -0.25) is 4.79 Å². The molecule has 5 nitrogen and oxygen atoms in total. The molecule has 0 saturated carbocycles. The molecule has 1 amide bonds. The Morgan fingerprint density at radius 2 is 2.37 bits per heavy atom. The molecule has 2 heterocycles. The van der Waals surface area contributed by atoms with Crippen LogP contribution in [0.2, 0.25) is 0 Å². The minimum atomic E-state index is -0.185. The van der Waals surface area contributed by atoms with Gasteiger partial charge in [-0.25, -0.2) is 4.98 Å². The van der Waals surface area contributed by atoms with Crippen molar-refractivity contribution in [1.29, 1.82) is 0 Å². The third-order valence-electron chi connectivity index (χ3n) is 3.39. The molecule has 1 fully saturated rings. The topological polar surface area (TPSA) is 71.5 Å². The smallest absolute Gasteiger partial charge is 0.231 e. The summed E-state index contributed by atoms with van der Waals surface area (Å²) in [5.41, 5.74) is 0. The summed E-state index contributed by atoms with van der Waals surface area (Å²) in [6, 6.07) is 3.12. The van der Waals surface area contributed by atoms with E-state index in [0.29, 0.717) is 6.61 Å². The molecule has 0 aliphatic carbocycles. The maximum Gasteiger partial charge on any atom is 0.231 e. The molecular weight excluding hydrogens is 244 g/mol. The van der Waals surface area contributed by atoms with Crippen LogP contribution in [0.5, 0.6) is 5.75 Å². The third-order valence-corrected chi connectivity index (χ3v) is 3.39. The van der Waals surface area contributed by atoms with Crippen LogP contribution in [0, 0.1) is 11.8 Å². The maximum atomic E-state index is 12.3. The zero-order valence-corrected chi connectivity index (χ0v) is 11.3. The predicted octanol–water partition coefficient (Wildman–Crippen LogP) is 2.18. The summed E-state index contributed by atoms with van der Waals surface area (Å²) in [7, 11) is 0. The van der Waals surface area contributed by atoms with Gasteiger partial charge in [0.2, 0.25) is 5.91 Å². The largest absolute Gasteiger partial charge is 0.504 e. The molecule has 0 unspecified atom stereocenters.